The van der Waals surface area contributed by atoms with Gasteiger partial charge in [0.25, 0.3) is 0 Å². The molecule has 2 aromatic heterocycles. The summed E-state index contributed by atoms with van der Waals surface area (Å²) < 4.78 is 5.15. The number of hydrogen-bond acceptors (Lipinski definition) is 7. The third-order valence-electron chi connectivity index (χ3n) is 5.26. The molecule has 1 aliphatic rings. The van der Waals surface area contributed by atoms with Crippen molar-refractivity contribution in [2.24, 2.45) is 0 Å². The minimum atomic E-state index is -0.0591. The second kappa shape index (κ2) is 9.88. The fraction of sp³-hybridized carbons (Fsp3) is 0.304. The Bertz CT molecular complexity index is 971. The van der Waals surface area contributed by atoms with Gasteiger partial charge in [0.2, 0.25) is 11.9 Å². The maximum atomic E-state index is 12.3. The summed E-state index contributed by atoms with van der Waals surface area (Å²) in [4.78, 5) is 30.0. The molecule has 0 atom stereocenters. The van der Waals surface area contributed by atoms with Crippen LogP contribution in [0.5, 0.6) is 5.75 Å². The van der Waals surface area contributed by atoms with Gasteiger partial charge in [-0.15, -0.1) is 0 Å². The van der Waals surface area contributed by atoms with Crippen LogP contribution in [0, 0.1) is 0 Å². The highest BCUT2D eigenvalue weighted by molar-refractivity contribution is 5.90. The molecule has 0 unspecified atom stereocenters. The quantitative estimate of drug-likeness (QED) is 0.632. The molecule has 8 nitrogen and oxygen atoms in total. The first kappa shape index (κ1) is 20.6. The average molecular weight is 419 g/mol. The van der Waals surface area contributed by atoms with Crippen LogP contribution in [0.25, 0.3) is 0 Å². The average Bonchev–Trinajstić information content (AvgIpc) is 2.84. The molecule has 3 aromatic rings. The van der Waals surface area contributed by atoms with Crippen molar-refractivity contribution in [2.45, 2.75) is 12.8 Å². The van der Waals surface area contributed by atoms with Crippen LogP contribution in [0.3, 0.4) is 0 Å². The van der Waals surface area contributed by atoms with E-state index in [2.05, 4.69) is 30.1 Å². The third-order valence-corrected chi connectivity index (χ3v) is 5.26. The molecule has 160 valence electrons. The Morgan fingerprint density at radius 2 is 1.68 bits per heavy atom. The summed E-state index contributed by atoms with van der Waals surface area (Å²) in [5.74, 6) is 2.42. The van der Waals surface area contributed by atoms with E-state index in [0.717, 1.165) is 43.3 Å². The number of anilines is 3. The van der Waals surface area contributed by atoms with Crippen molar-refractivity contribution in [1.82, 2.24) is 15.0 Å². The normalized spacial score (nSPS) is 13.7. The molecule has 31 heavy (non-hydrogen) atoms. The van der Waals surface area contributed by atoms with Gasteiger partial charge in [-0.2, -0.15) is 0 Å². The molecule has 0 radical (unpaired) electrons. The van der Waals surface area contributed by atoms with Crippen LogP contribution in [0.2, 0.25) is 0 Å². The third kappa shape index (κ3) is 5.48. The van der Waals surface area contributed by atoms with Crippen molar-refractivity contribution < 1.29 is 9.53 Å². The van der Waals surface area contributed by atoms with Gasteiger partial charge in [0.05, 0.1) is 25.2 Å². The van der Waals surface area contributed by atoms with Crippen molar-refractivity contribution >= 4 is 23.4 Å². The SMILES string of the molecule is COc1ccc(CCC(=O)Nc2cnc(N3CCN(c4ccccn4)CC3)nc2)cc1. The molecule has 1 aliphatic heterocycles. The van der Waals surface area contributed by atoms with Crippen molar-refractivity contribution in [3.05, 3.63) is 66.6 Å². The number of nitrogens with zero attached hydrogens (tertiary/aromatic N) is 5. The lowest BCUT2D eigenvalue weighted by molar-refractivity contribution is -0.116. The first-order valence-electron chi connectivity index (χ1n) is 10.4. The molecule has 8 heteroatoms. The lowest BCUT2D eigenvalue weighted by atomic mass is 10.1. The van der Waals surface area contributed by atoms with E-state index < -0.39 is 0 Å². The van der Waals surface area contributed by atoms with Crippen molar-refractivity contribution in [1.29, 1.82) is 0 Å². The van der Waals surface area contributed by atoms with Gasteiger partial charge in [-0.05, 0) is 36.2 Å². The predicted octanol–water partition coefficient (Wildman–Crippen LogP) is 2.78. The fourth-order valence-electron chi connectivity index (χ4n) is 3.50. The van der Waals surface area contributed by atoms with Gasteiger partial charge in [0.15, 0.2) is 0 Å². The van der Waals surface area contributed by atoms with E-state index in [0.29, 0.717) is 24.5 Å². The molecule has 0 aliphatic carbocycles. The first-order chi connectivity index (χ1) is 15.2. The number of methoxy groups -OCH3 is 1. The molecule has 0 saturated carbocycles. The number of rotatable bonds is 7. The van der Waals surface area contributed by atoms with Crippen LogP contribution >= 0.6 is 0 Å². The predicted molar refractivity (Wildman–Crippen MR) is 121 cm³/mol. The van der Waals surface area contributed by atoms with E-state index in [1.807, 2.05) is 48.7 Å². The number of aryl methyl sites for hydroxylation is 1. The fourth-order valence-corrected chi connectivity index (χ4v) is 3.50. The smallest absolute Gasteiger partial charge is 0.225 e. The monoisotopic (exact) mass is 418 g/mol. The molecule has 3 heterocycles. The van der Waals surface area contributed by atoms with E-state index >= 15 is 0 Å². The summed E-state index contributed by atoms with van der Waals surface area (Å²) in [6.07, 6.45) is 6.20. The molecule has 0 spiro atoms. The topological polar surface area (TPSA) is 83.5 Å². The van der Waals surface area contributed by atoms with Crippen molar-refractivity contribution in [2.75, 3.05) is 48.4 Å². The first-order valence-corrected chi connectivity index (χ1v) is 10.4. The Kier molecular flexibility index (Phi) is 6.56. The zero-order valence-electron chi connectivity index (χ0n) is 17.6. The van der Waals surface area contributed by atoms with Crippen molar-refractivity contribution in [3.63, 3.8) is 0 Å². The molecule has 1 amide bonds. The standard InChI is InChI=1S/C23H26N6O2/c1-31-20-8-5-18(6-9-20)7-10-22(30)27-19-16-25-23(26-17-19)29-14-12-28(13-15-29)21-4-2-3-11-24-21/h2-6,8-9,11,16-17H,7,10,12-15H2,1H3,(H,27,30). The van der Waals surface area contributed by atoms with Gasteiger partial charge in [-0.3, -0.25) is 4.79 Å². The molecule has 1 aromatic carbocycles. The highest BCUT2D eigenvalue weighted by Gasteiger charge is 2.19. The maximum Gasteiger partial charge on any atom is 0.225 e. The second-order valence-electron chi connectivity index (χ2n) is 7.33. The van der Waals surface area contributed by atoms with E-state index in [9.17, 15) is 4.79 Å². The Morgan fingerprint density at radius 1 is 0.968 bits per heavy atom. The number of hydrogen-bond donors (Lipinski definition) is 1. The molecule has 1 N–H and O–H groups in total. The highest BCUT2D eigenvalue weighted by atomic mass is 16.5. The molecule has 0 bridgehead atoms. The summed E-state index contributed by atoms with van der Waals surface area (Å²) in [6, 6.07) is 13.7. The number of nitrogens with one attached hydrogen (secondary N) is 1. The molecular weight excluding hydrogens is 392 g/mol. The highest BCUT2D eigenvalue weighted by Crippen LogP contribution is 2.17. The number of benzene rings is 1. The van der Waals surface area contributed by atoms with E-state index in [4.69, 9.17) is 4.74 Å². The number of ether oxygens (including phenoxy) is 1. The number of aromatic nitrogens is 3. The number of amides is 1. The summed E-state index contributed by atoms with van der Waals surface area (Å²) >= 11 is 0. The summed E-state index contributed by atoms with van der Waals surface area (Å²) in [7, 11) is 1.64. The van der Waals surface area contributed by atoms with Gasteiger partial charge in [-0.1, -0.05) is 18.2 Å². The largest absolute Gasteiger partial charge is 0.497 e. The molecule has 1 fully saturated rings. The molecular formula is C23H26N6O2. The minimum Gasteiger partial charge on any atom is -0.497 e. The molecule has 1 saturated heterocycles. The van der Waals surface area contributed by atoms with Crippen LogP contribution in [-0.4, -0.2) is 54.1 Å². The van der Waals surface area contributed by atoms with E-state index in [1.165, 1.54) is 0 Å². The Hall–Kier alpha value is -3.68. The molecule has 4 rings (SSSR count). The Morgan fingerprint density at radius 3 is 2.32 bits per heavy atom. The van der Waals surface area contributed by atoms with Gasteiger partial charge < -0.3 is 19.9 Å². The Labute approximate surface area is 181 Å². The van der Waals surface area contributed by atoms with Crippen LogP contribution in [0.15, 0.2) is 61.1 Å². The van der Waals surface area contributed by atoms with E-state index in [-0.39, 0.29) is 5.91 Å². The maximum absolute atomic E-state index is 12.3. The summed E-state index contributed by atoms with van der Waals surface area (Å²) in [6.45, 7) is 3.38. The van der Waals surface area contributed by atoms with Crippen molar-refractivity contribution in [3.8, 4) is 5.75 Å². The van der Waals surface area contributed by atoms with Crippen LogP contribution in [0.1, 0.15) is 12.0 Å². The summed E-state index contributed by atoms with van der Waals surface area (Å²) in [5, 5.41) is 2.87. The van der Waals surface area contributed by atoms with Crippen LogP contribution in [-0.2, 0) is 11.2 Å². The minimum absolute atomic E-state index is 0.0591. The van der Waals surface area contributed by atoms with E-state index in [1.54, 1.807) is 19.5 Å². The van der Waals surface area contributed by atoms with Gasteiger partial charge >= 0.3 is 0 Å². The zero-order chi connectivity index (χ0) is 21.5. The zero-order valence-corrected chi connectivity index (χ0v) is 17.6. The van der Waals surface area contributed by atoms with Gasteiger partial charge in [0.1, 0.15) is 11.6 Å². The lowest BCUT2D eigenvalue weighted by Gasteiger charge is -2.35. The van der Waals surface area contributed by atoms with Crippen LogP contribution in [0.4, 0.5) is 17.5 Å². The van der Waals surface area contributed by atoms with Crippen LogP contribution < -0.4 is 19.9 Å². The number of carbonyl (C=O) groups is 1. The van der Waals surface area contributed by atoms with Gasteiger partial charge in [0, 0.05) is 38.8 Å². The lowest BCUT2D eigenvalue weighted by Crippen LogP contribution is -2.47. The summed E-state index contributed by atoms with van der Waals surface area (Å²) in [5.41, 5.74) is 1.70. The Balaban J connectivity index is 1.25. The number of piperazine rings is 1. The number of pyridine rings is 1. The second-order valence-corrected chi connectivity index (χ2v) is 7.33. The number of carbonyl (C=O) groups excluding carboxylic acids is 1. The van der Waals surface area contributed by atoms with Gasteiger partial charge in [-0.25, -0.2) is 15.0 Å².